The number of nitrogens with zero attached hydrogens (tertiary/aromatic N) is 2. The molecule has 2 amide bonds. The van der Waals surface area contributed by atoms with Crippen LogP contribution in [0.1, 0.15) is 34.3 Å². The quantitative estimate of drug-likeness (QED) is 0.628. The van der Waals surface area contributed by atoms with Crippen molar-refractivity contribution in [1.29, 1.82) is 0 Å². The van der Waals surface area contributed by atoms with E-state index in [0.29, 0.717) is 25.1 Å². The van der Waals surface area contributed by atoms with Gasteiger partial charge in [-0.25, -0.2) is 5.48 Å². The first-order valence-corrected chi connectivity index (χ1v) is 7.50. The van der Waals surface area contributed by atoms with Crippen LogP contribution in [0, 0.1) is 0 Å². The lowest BCUT2D eigenvalue weighted by Crippen LogP contribution is -2.36. The molecule has 0 unspecified atom stereocenters. The van der Waals surface area contributed by atoms with Crippen molar-refractivity contribution in [3.8, 4) is 0 Å². The predicted molar refractivity (Wildman–Crippen MR) is 89.9 cm³/mol. The van der Waals surface area contributed by atoms with Crippen molar-refractivity contribution in [2.75, 3.05) is 27.2 Å². The maximum atomic E-state index is 12.2. The van der Waals surface area contributed by atoms with Gasteiger partial charge in [0.25, 0.3) is 5.91 Å². The fourth-order valence-electron chi connectivity index (χ4n) is 2.68. The first kappa shape index (κ1) is 19.4. The standard InChI is InChI=1S/C16H23N3O3.ClH/c1-18(2)8-3-4-15(20)19-9-7-12-10-13(16(21)17-22)5-6-14(12)11-19;/h5-6,10,22H,3-4,7-9,11H2,1-2H3,(H,17,21);1H. The molecule has 0 saturated heterocycles. The van der Waals surface area contributed by atoms with Crippen LogP contribution in [0.15, 0.2) is 18.2 Å². The molecule has 0 saturated carbocycles. The molecule has 1 aromatic carbocycles. The van der Waals surface area contributed by atoms with Crippen molar-refractivity contribution in [3.05, 3.63) is 34.9 Å². The Labute approximate surface area is 142 Å². The van der Waals surface area contributed by atoms with Gasteiger partial charge < -0.3 is 9.80 Å². The molecule has 0 spiro atoms. The highest BCUT2D eigenvalue weighted by atomic mass is 35.5. The Balaban J connectivity index is 0.00000264. The molecule has 1 aliphatic rings. The van der Waals surface area contributed by atoms with Crippen LogP contribution in [0.25, 0.3) is 0 Å². The lowest BCUT2D eigenvalue weighted by atomic mass is 9.97. The summed E-state index contributed by atoms with van der Waals surface area (Å²) in [5.74, 6) is -0.324. The van der Waals surface area contributed by atoms with Crippen LogP contribution < -0.4 is 5.48 Å². The lowest BCUT2D eigenvalue weighted by molar-refractivity contribution is -0.132. The van der Waals surface area contributed by atoms with Crippen LogP contribution in [0.4, 0.5) is 0 Å². The Bertz CT molecular complexity index is 564. The Kier molecular flexibility index (Phi) is 7.48. The highest BCUT2D eigenvalue weighted by Crippen LogP contribution is 2.21. The summed E-state index contributed by atoms with van der Waals surface area (Å²) in [5.41, 5.74) is 4.22. The van der Waals surface area contributed by atoms with Crippen LogP contribution in [-0.4, -0.2) is 54.0 Å². The summed E-state index contributed by atoms with van der Waals surface area (Å²) < 4.78 is 0. The zero-order valence-corrected chi connectivity index (χ0v) is 14.4. The van der Waals surface area contributed by atoms with Crippen molar-refractivity contribution in [1.82, 2.24) is 15.3 Å². The number of nitrogens with one attached hydrogen (secondary N) is 1. The van der Waals surface area contributed by atoms with Gasteiger partial charge >= 0.3 is 0 Å². The summed E-state index contributed by atoms with van der Waals surface area (Å²) in [5, 5.41) is 8.67. The minimum Gasteiger partial charge on any atom is -0.338 e. The number of hydrogen-bond donors (Lipinski definition) is 2. The van der Waals surface area contributed by atoms with E-state index in [1.54, 1.807) is 17.6 Å². The maximum absolute atomic E-state index is 12.2. The molecule has 1 aromatic rings. The van der Waals surface area contributed by atoms with Crippen molar-refractivity contribution in [3.63, 3.8) is 0 Å². The molecule has 6 nitrogen and oxygen atoms in total. The molecule has 0 aromatic heterocycles. The number of carbonyl (C=O) groups is 2. The number of carbonyl (C=O) groups excluding carboxylic acids is 2. The summed E-state index contributed by atoms with van der Waals surface area (Å²) in [6.45, 7) is 2.19. The molecule has 23 heavy (non-hydrogen) atoms. The second-order valence-electron chi connectivity index (χ2n) is 5.90. The normalized spacial score (nSPS) is 13.3. The van der Waals surface area contributed by atoms with E-state index in [0.717, 1.165) is 30.5 Å². The largest absolute Gasteiger partial charge is 0.338 e. The molecule has 1 heterocycles. The molecule has 2 N–H and O–H groups in total. The first-order chi connectivity index (χ1) is 10.5. The van der Waals surface area contributed by atoms with Crippen LogP contribution in [0.5, 0.6) is 0 Å². The summed E-state index contributed by atoms with van der Waals surface area (Å²) in [6, 6.07) is 5.32. The number of benzene rings is 1. The fourth-order valence-corrected chi connectivity index (χ4v) is 2.68. The zero-order valence-electron chi connectivity index (χ0n) is 13.5. The van der Waals surface area contributed by atoms with Crippen LogP contribution >= 0.6 is 12.4 Å². The molecular weight excluding hydrogens is 318 g/mol. The minimum absolute atomic E-state index is 0. The predicted octanol–water partition coefficient (Wildman–Crippen LogP) is 1.45. The first-order valence-electron chi connectivity index (χ1n) is 7.50. The molecule has 0 aliphatic carbocycles. The lowest BCUT2D eigenvalue weighted by Gasteiger charge is -2.29. The number of halogens is 1. The average Bonchev–Trinajstić information content (AvgIpc) is 2.52. The van der Waals surface area contributed by atoms with Gasteiger partial charge in [0.15, 0.2) is 0 Å². The van der Waals surface area contributed by atoms with Gasteiger partial charge in [0.2, 0.25) is 5.91 Å². The van der Waals surface area contributed by atoms with Gasteiger partial charge in [-0.3, -0.25) is 14.8 Å². The van der Waals surface area contributed by atoms with Crippen LogP contribution in [0.2, 0.25) is 0 Å². The van der Waals surface area contributed by atoms with E-state index in [1.165, 1.54) is 0 Å². The van der Waals surface area contributed by atoms with E-state index in [1.807, 2.05) is 25.1 Å². The number of fused-ring (bicyclic) bond motifs is 1. The number of hydrogen-bond acceptors (Lipinski definition) is 4. The van der Waals surface area contributed by atoms with Crippen molar-refractivity contribution in [2.24, 2.45) is 0 Å². The third-order valence-corrected chi connectivity index (χ3v) is 3.93. The van der Waals surface area contributed by atoms with Crippen LogP contribution in [-0.2, 0) is 17.8 Å². The molecule has 0 atom stereocenters. The van der Waals surface area contributed by atoms with E-state index in [2.05, 4.69) is 4.90 Å². The molecule has 1 aliphatic heterocycles. The Morgan fingerprint density at radius 3 is 2.70 bits per heavy atom. The smallest absolute Gasteiger partial charge is 0.274 e. The minimum atomic E-state index is -0.509. The number of rotatable bonds is 5. The molecule has 0 bridgehead atoms. The van der Waals surface area contributed by atoms with Gasteiger partial charge in [0.05, 0.1) is 0 Å². The third-order valence-electron chi connectivity index (χ3n) is 3.93. The number of amides is 2. The van der Waals surface area contributed by atoms with E-state index in [9.17, 15) is 9.59 Å². The van der Waals surface area contributed by atoms with Crippen molar-refractivity contribution in [2.45, 2.75) is 25.8 Å². The summed E-state index contributed by atoms with van der Waals surface area (Å²) in [6.07, 6.45) is 2.17. The Morgan fingerprint density at radius 2 is 2.04 bits per heavy atom. The summed E-state index contributed by atoms with van der Waals surface area (Å²) >= 11 is 0. The molecule has 0 radical (unpaired) electrons. The summed E-state index contributed by atoms with van der Waals surface area (Å²) in [4.78, 5) is 27.6. The van der Waals surface area contributed by atoms with Gasteiger partial charge in [-0.15, -0.1) is 12.4 Å². The third kappa shape index (κ3) is 5.20. The SMILES string of the molecule is CN(C)CCCC(=O)N1CCc2cc(C(=O)NO)ccc2C1.Cl. The average molecular weight is 342 g/mol. The maximum Gasteiger partial charge on any atom is 0.274 e. The molecule has 7 heteroatoms. The van der Waals surface area contributed by atoms with Crippen molar-refractivity contribution >= 4 is 24.2 Å². The van der Waals surface area contributed by atoms with Gasteiger partial charge in [0, 0.05) is 25.1 Å². The highest BCUT2D eigenvalue weighted by Gasteiger charge is 2.21. The molecule has 0 fully saturated rings. The van der Waals surface area contributed by atoms with E-state index < -0.39 is 5.91 Å². The second-order valence-corrected chi connectivity index (χ2v) is 5.90. The van der Waals surface area contributed by atoms with E-state index >= 15 is 0 Å². The van der Waals surface area contributed by atoms with E-state index in [4.69, 9.17) is 5.21 Å². The molecule has 128 valence electrons. The van der Waals surface area contributed by atoms with Crippen molar-refractivity contribution < 1.29 is 14.8 Å². The van der Waals surface area contributed by atoms with E-state index in [-0.39, 0.29) is 18.3 Å². The van der Waals surface area contributed by atoms with Gasteiger partial charge in [-0.05, 0) is 56.7 Å². The fraction of sp³-hybridized carbons (Fsp3) is 0.500. The second kappa shape index (κ2) is 8.86. The van der Waals surface area contributed by atoms with Gasteiger partial charge in [-0.1, -0.05) is 6.07 Å². The number of hydroxylamine groups is 1. The van der Waals surface area contributed by atoms with Crippen LogP contribution in [0.3, 0.4) is 0 Å². The topological polar surface area (TPSA) is 72.9 Å². The Hall–Kier alpha value is -1.63. The summed E-state index contributed by atoms with van der Waals surface area (Å²) in [7, 11) is 4.00. The Morgan fingerprint density at radius 1 is 1.30 bits per heavy atom. The zero-order chi connectivity index (χ0) is 16.1. The molecule has 2 rings (SSSR count). The van der Waals surface area contributed by atoms with Gasteiger partial charge in [-0.2, -0.15) is 0 Å². The highest BCUT2D eigenvalue weighted by molar-refractivity contribution is 5.93. The molecular formula is C16H24ClN3O3. The monoisotopic (exact) mass is 341 g/mol. The van der Waals surface area contributed by atoms with Gasteiger partial charge in [0.1, 0.15) is 0 Å².